The summed E-state index contributed by atoms with van der Waals surface area (Å²) < 4.78 is 49.2. The largest absolute Gasteiger partial charge is 0.354 e. The highest BCUT2D eigenvalue weighted by Crippen LogP contribution is 2.18. The van der Waals surface area contributed by atoms with Crippen LogP contribution >= 0.6 is 0 Å². The standard InChI is InChI=1S/C16H20N4O4S2/c17-26(23,24)15-6-7-16(18-12-15)19-8-10-20(11-9-19)25(21,22)13-14-4-2-1-3-5-14/h1-7,12H,8-11,13H2,(H2,17,23,24). The van der Waals surface area contributed by atoms with Crippen molar-refractivity contribution in [3.8, 4) is 0 Å². The van der Waals surface area contributed by atoms with E-state index in [-0.39, 0.29) is 10.6 Å². The number of anilines is 1. The maximum atomic E-state index is 12.6. The minimum atomic E-state index is -3.78. The van der Waals surface area contributed by atoms with Crippen LogP contribution in [-0.4, -0.2) is 52.3 Å². The summed E-state index contributed by atoms with van der Waals surface area (Å²) in [6.45, 7) is 1.67. The molecular formula is C16H20N4O4S2. The number of nitrogens with two attached hydrogens (primary N) is 1. The lowest BCUT2D eigenvalue weighted by Crippen LogP contribution is -2.49. The van der Waals surface area contributed by atoms with Crippen molar-refractivity contribution < 1.29 is 16.8 Å². The zero-order valence-electron chi connectivity index (χ0n) is 14.0. The summed E-state index contributed by atoms with van der Waals surface area (Å²) in [7, 11) is -7.15. The number of aromatic nitrogens is 1. The van der Waals surface area contributed by atoms with Crippen molar-refractivity contribution in [1.82, 2.24) is 9.29 Å². The molecule has 26 heavy (non-hydrogen) atoms. The molecule has 0 atom stereocenters. The average Bonchev–Trinajstić information content (AvgIpc) is 2.62. The highest BCUT2D eigenvalue weighted by atomic mass is 32.2. The number of nitrogens with zero attached hydrogens (tertiary/aromatic N) is 3. The van der Waals surface area contributed by atoms with Crippen LogP contribution in [0.25, 0.3) is 0 Å². The predicted octanol–water partition coefficient (Wildman–Crippen LogP) is 0.381. The first-order valence-electron chi connectivity index (χ1n) is 8.01. The van der Waals surface area contributed by atoms with Crippen molar-refractivity contribution in [3.63, 3.8) is 0 Å². The summed E-state index contributed by atoms with van der Waals surface area (Å²) in [6.07, 6.45) is 1.21. The van der Waals surface area contributed by atoms with Gasteiger partial charge in [-0.05, 0) is 17.7 Å². The van der Waals surface area contributed by atoms with Crippen LogP contribution in [0.2, 0.25) is 0 Å². The van der Waals surface area contributed by atoms with Crippen LogP contribution in [0.5, 0.6) is 0 Å². The van der Waals surface area contributed by atoms with E-state index >= 15 is 0 Å². The molecule has 3 rings (SSSR count). The van der Waals surface area contributed by atoms with Gasteiger partial charge in [-0.15, -0.1) is 0 Å². The number of primary sulfonamides is 1. The number of piperazine rings is 1. The topological polar surface area (TPSA) is 114 Å². The molecule has 2 aromatic rings. The first-order chi connectivity index (χ1) is 12.3. The van der Waals surface area contributed by atoms with E-state index in [1.807, 2.05) is 23.1 Å². The Hall–Kier alpha value is -2.01. The van der Waals surface area contributed by atoms with Crippen molar-refractivity contribution in [2.24, 2.45) is 5.14 Å². The average molecular weight is 396 g/mol. The van der Waals surface area contributed by atoms with Crippen LogP contribution in [0.15, 0.2) is 53.6 Å². The summed E-state index contributed by atoms with van der Waals surface area (Å²) in [6, 6.07) is 12.1. The minimum Gasteiger partial charge on any atom is -0.354 e. The van der Waals surface area contributed by atoms with E-state index < -0.39 is 20.0 Å². The smallest absolute Gasteiger partial charge is 0.239 e. The van der Waals surface area contributed by atoms with Crippen LogP contribution in [0, 0.1) is 0 Å². The van der Waals surface area contributed by atoms with Crippen LogP contribution in [0.3, 0.4) is 0 Å². The van der Waals surface area contributed by atoms with Gasteiger partial charge < -0.3 is 4.90 Å². The fraction of sp³-hybridized carbons (Fsp3) is 0.312. The Balaban J connectivity index is 1.63. The zero-order chi connectivity index (χ0) is 18.8. The molecule has 2 heterocycles. The third-order valence-electron chi connectivity index (χ3n) is 4.20. The quantitative estimate of drug-likeness (QED) is 0.782. The van der Waals surface area contributed by atoms with Gasteiger partial charge in [0, 0.05) is 32.4 Å². The summed E-state index contributed by atoms with van der Waals surface area (Å²) in [5.41, 5.74) is 0.759. The number of rotatable bonds is 5. The van der Waals surface area contributed by atoms with Crippen molar-refractivity contribution >= 4 is 25.9 Å². The monoisotopic (exact) mass is 396 g/mol. The maximum absolute atomic E-state index is 12.6. The molecule has 0 unspecified atom stereocenters. The zero-order valence-corrected chi connectivity index (χ0v) is 15.7. The van der Waals surface area contributed by atoms with Gasteiger partial charge in [-0.3, -0.25) is 0 Å². The number of pyridine rings is 1. The molecule has 1 aromatic carbocycles. The van der Waals surface area contributed by atoms with Gasteiger partial charge in [-0.1, -0.05) is 30.3 Å². The molecule has 0 spiro atoms. The van der Waals surface area contributed by atoms with Crippen LogP contribution in [-0.2, 0) is 25.8 Å². The molecule has 2 N–H and O–H groups in total. The fourth-order valence-electron chi connectivity index (χ4n) is 2.80. The third kappa shape index (κ3) is 4.39. The number of hydrogen-bond acceptors (Lipinski definition) is 6. The molecule has 10 heteroatoms. The highest BCUT2D eigenvalue weighted by Gasteiger charge is 2.27. The highest BCUT2D eigenvalue weighted by molar-refractivity contribution is 7.89. The van der Waals surface area contributed by atoms with Crippen LogP contribution < -0.4 is 10.0 Å². The van der Waals surface area contributed by atoms with Crippen LogP contribution in [0.1, 0.15) is 5.56 Å². The van der Waals surface area contributed by atoms with Gasteiger partial charge >= 0.3 is 0 Å². The van der Waals surface area contributed by atoms with E-state index in [4.69, 9.17) is 5.14 Å². The Kier molecular flexibility index (Phi) is 5.28. The number of hydrogen-bond donors (Lipinski definition) is 1. The Morgan fingerprint density at radius 3 is 2.12 bits per heavy atom. The fourth-order valence-corrected chi connectivity index (χ4v) is 4.77. The van der Waals surface area contributed by atoms with Gasteiger partial charge in [0.05, 0.1) is 5.75 Å². The molecular weight excluding hydrogens is 376 g/mol. The van der Waals surface area contributed by atoms with Crippen LogP contribution in [0.4, 0.5) is 5.82 Å². The molecule has 1 saturated heterocycles. The SMILES string of the molecule is NS(=O)(=O)c1ccc(N2CCN(S(=O)(=O)Cc3ccccc3)CC2)nc1. The van der Waals surface area contributed by atoms with Crippen molar-refractivity contribution in [3.05, 3.63) is 54.2 Å². The molecule has 1 aromatic heterocycles. The molecule has 1 aliphatic heterocycles. The Labute approximate surface area is 153 Å². The summed E-state index contributed by atoms with van der Waals surface area (Å²) in [4.78, 5) is 5.99. The Morgan fingerprint density at radius 1 is 0.923 bits per heavy atom. The van der Waals surface area contributed by atoms with Gasteiger partial charge in [0.25, 0.3) is 0 Å². The van der Waals surface area contributed by atoms with E-state index in [1.54, 1.807) is 18.2 Å². The van der Waals surface area contributed by atoms with E-state index in [0.29, 0.717) is 32.0 Å². The van der Waals surface area contributed by atoms with Gasteiger partial charge in [0.2, 0.25) is 20.0 Å². The second-order valence-electron chi connectivity index (χ2n) is 6.03. The lowest BCUT2D eigenvalue weighted by Gasteiger charge is -2.34. The minimum absolute atomic E-state index is 0.0187. The van der Waals surface area contributed by atoms with E-state index in [9.17, 15) is 16.8 Å². The van der Waals surface area contributed by atoms with Crippen molar-refractivity contribution in [1.29, 1.82) is 0 Å². The second-order valence-corrected chi connectivity index (χ2v) is 9.56. The molecule has 0 aliphatic carbocycles. The van der Waals surface area contributed by atoms with E-state index in [1.165, 1.54) is 16.6 Å². The summed E-state index contributed by atoms with van der Waals surface area (Å²) in [5, 5.41) is 5.06. The van der Waals surface area contributed by atoms with E-state index in [0.717, 1.165) is 5.56 Å². The number of benzene rings is 1. The Morgan fingerprint density at radius 2 is 1.58 bits per heavy atom. The summed E-state index contributed by atoms with van der Waals surface area (Å²) >= 11 is 0. The van der Waals surface area contributed by atoms with Gasteiger partial charge in [0.1, 0.15) is 10.7 Å². The molecule has 0 radical (unpaired) electrons. The molecule has 1 aliphatic rings. The third-order valence-corrected chi connectivity index (χ3v) is 6.95. The molecule has 1 fully saturated rings. The molecule has 0 bridgehead atoms. The first-order valence-corrected chi connectivity index (χ1v) is 11.2. The van der Waals surface area contributed by atoms with Gasteiger partial charge in [-0.25, -0.2) is 27.0 Å². The first kappa shape index (κ1) is 18.8. The Bertz CT molecular complexity index is 953. The second kappa shape index (κ2) is 7.31. The van der Waals surface area contributed by atoms with Gasteiger partial charge in [-0.2, -0.15) is 4.31 Å². The lowest BCUT2D eigenvalue weighted by atomic mass is 10.2. The normalized spacial score (nSPS) is 16.6. The maximum Gasteiger partial charge on any atom is 0.239 e. The lowest BCUT2D eigenvalue weighted by molar-refractivity contribution is 0.383. The van der Waals surface area contributed by atoms with Crippen molar-refractivity contribution in [2.45, 2.75) is 10.6 Å². The molecule has 140 valence electrons. The molecule has 0 saturated carbocycles. The molecule has 8 nitrogen and oxygen atoms in total. The predicted molar refractivity (Wildman–Crippen MR) is 98.5 cm³/mol. The number of sulfonamides is 2. The van der Waals surface area contributed by atoms with Gasteiger partial charge in [0.15, 0.2) is 0 Å². The summed E-state index contributed by atoms with van der Waals surface area (Å²) in [5.74, 6) is 0.576. The van der Waals surface area contributed by atoms with E-state index in [2.05, 4.69) is 4.98 Å². The molecule has 0 amide bonds. The van der Waals surface area contributed by atoms with Crippen molar-refractivity contribution in [2.75, 3.05) is 31.1 Å².